The quantitative estimate of drug-likeness (QED) is 0.434. The van der Waals surface area contributed by atoms with Crippen LogP contribution in [0.2, 0.25) is 5.02 Å². The van der Waals surface area contributed by atoms with Gasteiger partial charge in [0, 0.05) is 68.5 Å². The number of hydrogen-bond donors (Lipinski definition) is 0. The molecule has 0 atom stereocenters. The molecular weight excluding hydrogens is 470 g/mol. The fraction of sp³-hybridized carbons (Fsp3) is 0.440. The molecule has 1 aliphatic heterocycles. The van der Waals surface area contributed by atoms with Crippen molar-refractivity contribution in [2.45, 2.75) is 6.42 Å². The van der Waals surface area contributed by atoms with E-state index in [4.69, 9.17) is 30.8 Å². The van der Waals surface area contributed by atoms with Crippen LogP contribution in [0, 0.1) is 0 Å². The Kier molecular flexibility index (Phi) is 7.87. The van der Waals surface area contributed by atoms with Crippen LogP contribution in [-0.2, 0) is 4.74 Å². The molecule has 0 bridgehead atoms. The lowest BCUT2D eigenvalue weighted by Crippen LogP contribution is -2.48. The second kappa shape index (κ2) is 11.0. The van der Waals surface area contributed by atoms with Crippen molar-refractivity contribution in [1.82, 2.24) is 19.2 Å². The Hall–Kier alpha value is -3.17. The number of nitrogens with zero attached hydrogens (tertiary/aromatic N) is 5. The molecule has 0 radical (unpaired) electrons. The molecule has 1 aliphatic rings. The summed E-state index contributed by atoms with van der Waals surface area (Å²) >= 11 is 6.46. The van der Waals surface area contributed by atoms with Gasteiger partial charge in [-0.15, -0.1) is 0 Å². The number of benzene rings is 1. The standard InChI is InChI=1S/C25H32ClN5O4/c1-28(2)7-5-13-35-22-16-23(33-3)20(26)15-19(22)21-17-31-8-6-18(14-24(31)27-21)29-9-11-30(12-10-29)25(32)34-4/h6,8,14-17H,5,7,9-13H2,1-4H3. The summed E-state index contributed by atoms with van der Waals surface area (Å²) in [4.78, 5) is 22.7. The Morgan fingerprint density at radius 2 is 1.89 bits per heavy atom. The molecule has 0 unspecified atom stereocenters. The second-order valence-corrected chi connectivity index (χ2v) is 9.12. The van der Waals surface area contributed by atoms with Crippen LogP contribution < -0.4 is 14.4 Å². The van der Waals surface area contributed by atoms with Gasteiger partial charge in [-0.3, -0.25) is 0 Å². The maximum atomic E-state index is 11.8. The van der Waals surface area contributed by atoms with Crippen LogP contribution in [0.5, 0.6) is 11.5 Å². The van der Waals surface area contributed by atoms with E-state index in [-0.39, 0.29) is 6.09 Å². The number of carbonyl (C=O) groups is 1. The first-order chi connectivity index (χ1) is 16.9. The first-order valence-corrected chi connectivity index (χ1v) is 12.0. The molecule has 3 heterocycles. The summed E-state index contributed by atoms with van der Waals surface area (Å²) in [7, 11) is 7.09. The molecule has 35 heavy (non-hydrogen) atoms. The van der Waals surface area contributed by atoms with Gasteiger partial charge in [-0.2, -0.15) is 0 Å². The van der Waals surface area contributed by atoms with Crippen molar-refractivity contribution in [3.8, 4) is 22.8 Å². The van der Waals surface area contributed by atoms with Crippen molar-refractivity contribution < 1.29 is 19.0 Å². The highest BCUT2D eigenvalue weighted by molar-refractivity contribution is 6.32. The molecule has 1 saturated heterocycles. The number of ether oxygens (including phenoxy) is 3. The fourth-order valence-corrected chi connectivity index (χ4v) is 4.39. The lowest BCUT2D eigenvalue weighted by atomic mass is 10.1. The second-order valence-electron chi connectivity index (χ2n) is 8.71. The zero-order valence-electron chi connectivity index (χ0n) is 20.7. The number of aromatic nitrogens is 2. The molecule has 0 spiro atoms. The third-order valence-electron chi connectivity index (χ3n) is 6.06. The molecule has 2 aromatic heterocycles. The van der Waals surface area contributed by atoms with E-state index in [9.17, 15) is 4.79 Å². The molecule has 0 N–H and O–H groups in total. The Morgan fingerprint density at radius 3 is 2.57 bits per heavy atom. The van der Waals surface area contributed by atoms with E-state index in [0.29, 0.717) is 36.2 Å². The number of carbonyl (C=O) groups excluding carboxylic acids is 1. The molecule has 0 saturated carbocycles. The lowest BCUT2D eigenvalue weighted by Gasteiger charge is -2.35. The van der Waals surface area contributed by atoms with Gasteiger partial charge in [-0.1, -0.05) is 11.6 Å². The summed E-state index contributed by atoms with van der Waals surface area (Å²) in [5, 5.41) is 0.504. The van der Waals surface area contributed by atoms with E-state index >= 15 is 0 Å². The average Bonchev–Trinajstić information content (AvgIpc) is 3.30. The Bertz CT molecular complexity index is 1170. The predicted octanol–water partition coefficient (Wildman–Crippen LogP) is 3.88. The highest BCUT2D eigenvalue weighted by atomic mass is 35.5. The van der Waals surface area contributed by atoms with Crippen LogP contribution in [0.3, 0.4) is 0 Å². The smallest absolute Gasteiger partial charge is 0.409 e. The van der Waals surface area contributed by atoms with Gasteiger partial charge in [0.05, 0.1) is 31.5 Å². The van der Waals surface area contributed by atoms with Crippen molar-refractivity contribution in [2.75, 3.05) is 72.5 Å². The highest BCUT2D eigenvalue weighted by Gasteiger charge is 2.22. The maximum Gasteiger partial charge on any atom is 0.409 e. The SMILES string of the molecule is COC(=O)N1CCN(c2ccn3cc(-c4cc(Cl)c(OC)cc4OCCCN(C)C)nc3c2)CC1. The molecular formula is C25H32ClN5O4. The van der Waals surface area contributed by atoms with E-state index in [1.807, 2.05) is 43.0 Å². The van der Waals surface area contributed by atoms with Crippen molar-refractivity contribution >= 4 is 29.0 Å². The number of rotatable bonds is 8. The third kappa shape index (κ3) is 5.74. The van der Waals surface area contributed by atoms with Gasteiger partial charge in [-0.05, 0) is 32.6 Å². The summed E-state index contributed by atoms with van der Waals surface area (Å²) in [6.45, 7) is 4.22. The summed E-state index contributed by atoms with van der Waals surface area (Å²) in [5.41, 5.74) is 3.47. The van der Waals surface area contributed by atoms with Crippen LogP contribution in [0.4, 0.5) is 10.5 Å². The minimum atomic E-state index is -0.282. The monoisotopic (exact) mass is 501 g/mol. The van der Waals surface area contributed by atoms with E-state index in [2.05, 4.69) is 21.9 Å². The summed E-state index contributed by atoms with van der Waals surface area (Å²) < 4.78 is 18.4. The fourth-order valence-electron chi connectivity index (χ4n) is 4.15. The minimum Gasteiger partial charge on any atom is -0.495 e. The summed E-state index contributed by atoms with van der Waals surface area (Å²) in [6.07, 6.45) is 4.58. The van der Waals surface area contributed by atoms with Gasteiger partial charge in [-0.25, -0.2) is 9.78 Å². The van der Waals surface area contributed by atoms with Gasteiger partial charge in [0.25, 0.3) is 0 Å². The van der Waals surface area contributed by atoms with Gasteiger partial charge >= 0.3 is 6.09 Å². The number of methoxy groups -OCH3 is 2. The summed E-state index contributed by atoms with van der Waals surface area (Å²) in [5.74, 6) is 1.25. The zero-order chi connectivity index (χ0) is 24.9. The van der Waals surface area contributed by atoms with E-state index < -0.39 is 0 Å². The molecule has 188 valence electrons. The first-order valence-electron chi connectivity index (χ1n) is 11.6. The molecule has 1 amide bonds. The van der Waals surface area contributed by atoms with Gasteiger partial charge in [0.15, 0.2) is 0 Å². The number of anilines is 1. The van der Waals surface area contributed by atoms with Gasteiger partial charge in [0.1, 0.15) is 17.1 Å². The number of amides is 1. The Labute approximate surface area is 210 Å². The topological polar surface area (TPSA) is 71.8 Å². The zero-order valence-corrected chi connectivity index (χ0v) is 21.4. The third-order valence-corrected chi connectivity index (χ3v) is 6.35. The molecule has 9 nitrogen and oxygen atoms in total. The van der Waals surface area contributed by atoms with Crippen LogP contribution in [-0.4, -0.2) is 92.9 Å². The van der Waals surface area contributed by atoms with E-state index in [0.717, 1.165) is 48.6 Å². The van der Waals surface area contributed by atoms with Crippen LogP contribution in [0.25, 0.3) is 16.9 Å². The molecule has 0 aliphatic carbocycles. The van der Waals surface area contributed by atoms with Crippen molar-refractivity contribution in [3.63, 3.8) is 0 Å². The van der Waals surface area contributed by atoms with Crippen molar-refractivity contribution in [1.29, 1.82) is 0 Å². The minimum absolute atomic E-state index is 0.282. The Balaban J connectivity index is 1.57. The van der Waals surface area contributed by atoms with Crippen molar-refractivity contribution in [2.24, 2.45) is 0 Å². The van der Waals surface area contributed by atoms with E-state index in [1.54, 1.807) is 12.0 Å². The highest BCUT2D eigenvalue weighted by Crippen LogP contribution is 2.38. The average molecular weight is 502 g/mol. The van der Waals surface area contributed by atoms with Gasteiger partial charge in [0.2, 0.25) is 0 Å². The largest absolute Gasteiger partial charge is 0.495 e. The number of pyridine rings is 1. The number of piperazine rings is 1. The van der Waals surface area contributed by atoms with Crippen molar-refractivity contribution in [3.05, 3.63) is 41.7 Å². The van der Waals surface area contributed by atoms with Crippen LogP contribution >= 0.6 is 11.6 Å². The molecule has 1 aromatic carbocycles. The van der Waals surface area contributed by atoms with Gasteiger partial charge < -0.3 is 33.3 Å². The van der Waals surface area contributed by atoms with Crippen LogP contribution in [0.15, 0.2) is 36.7 Å². The first kappa shape index (κ1) is 24.9. The molecule has 4 rings (SSSR count). The Morgan fingerprint density at radius 1 is 1.11 bits per heavy atom. The number of imidazole rings is 1. The summed E-state index contributed by atoms with van der Waals surface area (Å²) in [6, 6.07) is 7.78. The molecule has 1 fully saturated rings. The lowest BCUT2D eigenvalue weighted by molar-refractivity contribution is 0.121. The molecule has 3 aromatic rings. The number of fused-ring (bicyclic) bond motifs is 1. The molecule has 10 heteroatoms. The number of halogens is 1. The number of hydrogen-bond acceptors (Lipinski definition) is 7. The van der Waals surface area contributed by atoms with Crippen LogP contribution in [0.1, 0.15) is 6.42 Å². The maximum absolute atomic E-state index is 11.8. The van der Waals surface area contributed by atoms with E-state index in [1.165, 1.54) is 7.11 Å². The normalized spacial score (nSPS) is 14.0. The predicted molar refractivity (Wildman–Crippen MR) is 137 cm³/mol.